The number of amides is 1. The maximum absolute atomic E-state index is 15.1. The van der Waals surface area contributed by atoms with E-state index in [0.717, 1.165) is 12.1 Å². The first-order valence-corrected chi connectivity index (χ1v) is 12.6. The van der Waals surface area contributed by atoms with Gasteiger partial charge in [-0.05, 0) is 42.3 Å². The average molecular weight is 676 g/mol. The van der Waals surface area contributed by atoms with Gasteiger partial charge in [0.2, 0.25) is 0 Å². The number of hydrogen-bond acceptors (Lipinski definition) is 3. The Hall–Kier alpha value is -2.55. The standard InChI is InChI=1S/C25H19Cl3F10N2O2/c1-2-22(11-41,9-39-10-23(30,31)32)40-21(42)14-4-3-12(5-16(14)25(36,37)38)19(29)8-15(24(33,34)35)13-6-17(26)20(28)18(27)7-13/h3-8,11,15,39H,2,9-10H2,1H3,(H,40,42)/b19-8-/t15?,22-/m0/s1. The molecule has 0 spiro atoms. The summed E-state index contributed by atoms with van der Waals surface area (Å²) in [5.41, 5.74) is -6.69. The van der Waals surface area contributed by atoms with Crippen LogP contribution in [0.2, 0.25) is 15.1 Å². The van der Waals surface area contributed by atoms with Crippen LogP contribution in [0.4, 0.5) is 43.9 Å². The molecular formula is C25H19Cl3F10N2O2. The average Bonchev–Trinajstić information content (AvgIpc) is 2.87. The van der Waals surface area contributed by atoms with Gasteiger partial charge < -0.3 is 15.4 Å². The largest absolute Gasteiger partial charge is 0.417 e. The molecule has 2 aromatic rings. The van der Waals surface area contributed by atoms with Gasteiger partial charge >= 0.3 is 18.5 Å². The molecule has 1 amide bonds. The minimum atomic E-state index is -5.35. The Bertz CT molecular complexity index is 1320. The van der Waals surface area contributed by atoms with Gasteiger partial charge in [-0.25, -0.2) is 4.39 Å². The number of halogens is 13. The van der Waals surface area contributed by atoms with Crippen molar-refractivity contribution in [1.29, 1.82) is 0 Å². The molecule has 1 unspecified atom stereocenters. The van der Waals surface area contributed by atoms with Crippen molar-refractivity contribution in [3.05, 3.63) is 73.7 Å². The zero-order valence-corrected chi connectivity index (χ0v) is 23.2. The van der Waals surface area contributed by atoms with Crippen molar-refractivity contribution >= 4 is 52.8 Å². The lowest BCUT2D eigenvalue weighted by atomic mass is 9.94. The first-order chi connectivity index (χ1) is 19.1. The zero-order chi connectivity index (χ0) is 32.3. The van der Waals surface area contributed by atoms with Gasteiger partial charge in [0, 0.05) is 12.1 Å². The summed E-state index contributed by atoms with van der Waals surface area (Å²) < 4.78 is 135. The van der Waals surface area contributed by atoms with E-state index >= 15 is 4.39 Å². The van der Waals surface area contributed by atoms with Gasteiger partial charge in [-0.15, -0.1) is 0 Å². The third-order valence-electron chi connectivity index (χ3n) is 5.86. The van der Waals surface area contributed by atoms with Crippen molar-refractivity contribution in [3.63, 3.8) is 0 Å². The highest BCUT2D eigenvalue weighted by atomic mass is 35.5. The number of allylic oxidation sites excluding steroid dienone is 1. The molecule has 0 radical (unpaired) electrons. The quantitative estimate of drug-likeness (QED) is 0.151. The van der Waals surface area contributed by atoms with E-state index in [1.165, 1.54) is 6.92 Å². The van der Waals surface area contributed by atoms with Crippen LogP contribution in [0, 0.1) is 0 Å². The number of benzene rings is 2. The molecule has 232 valence electrons. The molecule has 0 saturated carbocycles. The van der Waals surface area contributed by atoms with Gasteiger partial charge in [0.15, 0.2) is 0 Å². The molecule has 2 N–H and O–H groups in total. The number of alkyl halides is 9. The second-order valence-electron chi connectivity index (χ2n) is 8.89. The lowest BCUT2D eigenvalue weighted by Gasteiger charge is -2.29. The molecule has 0 fully saturated rings. The fraction of sp³-hybridized carbons (Fsp3) is 0.360. The number of aldehydes is 1. The molecular weight excluding hydrogens is 657 g/mol. The molecule has 0 aromatic heterocycles. The summed E-state index contributed by atoms with van der Waals surface area (Å²) in [6.45, 7) is -1.09. The maximum atomic E-state index is 15.1. The second kappa shape index (κ2) is 13.4. The normalized spacial score (nSPS) is 15.2. The van der Waals surface area contributed by atoms with Gasteiger partial charge in [0.25, 0.3) is 5.91 Å². The van der Waals surface area contributed by atoms with Gasteiger partial charge in [0.1, 0.15) is 23.6 Å². The highest BCUT2D eigenvalue weighted by molar-refractivity contribution is 6.48. The van der Waals surface area contributed by atoms with Crippen LogP contribution in [0.1, 0.15) is 46.3 Å². The smallest absolute Gasteiger partial charge is 0.339 e. The Labute approximate surface area is 247 Å². The molecule has 0 aliphatic carbocycles. The molecule has 2 rings (SSSR count). The van der Waals surface area contributed by atoms with Crippen molar-refractivity contribution in [2.75, 3.05) is 13.1 Å². The minimum Gasteiger partial charge on any atom is -0.339 e. The summed E-state index contributed by atoms with van der Waals surface area (Å²) in [5, 5.41) is 2.75. The second-order valence-corrected chi connectivity index (χ2v) is 10.1. The van der Waals surface area contributed by atoms with Gasteiger partial charge in [-0.3, -0.25) is 4.79 Å². The maximum Gasteiger partial charge on any atom is 0.417 e. The van der Waals surface area contributed by atoms with E-state index < -0.39 is 87.1 Å². The Morgan fingerprint density at radius 1 is 0.929 bits per heavy atom. The van der Waals surface area contributed by atoms with Crippen LogP contribution in [-0.4, -0.2) is 43.2 Å². The Morgan fingerprint density at radius 2 is 1.50 bits per heavy atom. The van der Waals surface area contributed by atoms with Crippen molar-refractivity contribution in [2.45, 2.75) is 43.3 Å². The molecule has 17 heteroatoms. The highest BCUT2D eigenvalue weighted by Gasteiger charge is 2.41. The molecule has 0 aliphatic heterocycles. The van der Waals surface area contributed by atoms with E-state index in [9.17, 15) is 49.1 Å². The summed E-state index contributed by atoms with van der Waals surface area (Å²) in [6, 6.07) is 2.62. The number of carbonyl (C=O) groups excluding carboxylic acids is 2. The molecule has 2 aromatic carbocycles. The topological polar surface area (TPSA) is 58.2 Å². The van der Waals surface area contributed by atoms with Gasteiger partial charge in [-0.1, -0.05) is 47.8 Å². The van der Waals surface area contributed by atoms with Crippen molar-refractivity contribution in [2.24, 2.45) is 0 Å². The zero-order valence-electron chi connectivity index (χ0n) is 21.0. The number of rotatable bonds is 10. The minimum absolute atomic E-state index is 0.0219. The van der Waals surface area contributed by atoms with Crippen molar-refractivity contribution in [1.82, 2.24) is 10.6 Å². The SMILES string of the molecule is CC[C@@](C=O)(CNCC(F)(F)F)NC(=O)c1ccc(/C(F)=C/C(c2cc(Cl)c(Cl)c(Cl)c2)C(F)(F)F)cc1C(F)(F)F. The summed E-state index contributed by atoms with van der Waals surface area (Å²) in [7, 11) is 0. The molecule has 42 heavy (non-hydrogen) atoms. The van der Waals surface area contributed by atoms with E-state index in [-0.39, 0.29) is 29.9 Å². The Kier molecular flexibility index (Phi) is 11.4. The lowest BCUT2D eigenvalue weighted by molar-refractivity contribution is -0.140. The van der Waals surface area contributed by atoms with Gasteiger partial charge in [-0.2, -0.15) is 39.5 Å². The van der Waals surface area contributed by atoms with E-state index in [1.54, 1.807) is 0 Å². The van der Waals surface area contributed by atoms with E-state index in [0.29, 0.717) is 12.1 Å². The molecule has 0 saturated heterocycles. The molecule has 0 aliphatic rings. The van der Waals surface area contributed by atoms with Crippen LogP contribution in [0.25, 0.3) is 5.83 Å². The summed E-state index contributed by atoms with van der Waals surface area (Å²) >= 11 is 17.3. The van der Waals surface area contributed by atoms with Crippen molar-refractivity contribution < 1.29 is 53.5 Å². The highest BCUT2D eigenvalue weighted by Crippen LogP contribution is 2.43. The Morgan fingerprint density at radius 3 is 1.95 bits per heavy atom. The van der Waals surface area contributed by atoms with Crippen LogP contribution in [0.5, 0.6) is 0 Å². The Balaban J connectivity index is 2.52. The molecule has 2 atom stereocenters. The number of carbonyl (C=O) groups is 2. The molecule has 0 heterocycles. The van der Waals surface area contributed by atoms with Crippen LogP contribution in [0.3, 0.4) is 0 Å². The van der Waals surface area contributed by atoms with E-state index in [1.807, 2.05) is 10.6 Å². The van der Waals surface area contributed by atoms with E-state index in [4.69, 9.17) is 34.8 Å². The predicted octanol–water partition coefficient (Wildman–Crippen LogP) is 8.55. The fourth-order valence-corrected chi connectivity index (χ4v) is 4.25. The predicted molar refractivity (Wildman–Crippen MR) is 136 cm³/mol. The summed E-state index contributed by atoms with van der Waals surface area (Å²) in [4.78, 5) is 24.4. The number of hydrogen-bond donors (Lipinski definition) is 2. The third-order valence-corrected chi connectivity index (χ3v) is 7.06. The first kappa shape index (κ1) is 35.6. The third kappa shape index (κ3) is 9.22. The van der Waals surface area contributed by atoms with Crippen LogP contribution >= 0.6 is 34.8 Å². The lowest BCUT2D eigenvalue weighted by Crippen LogP contribution is -2.56. The van der Waals surface area contributed by atoms with Crippen LogP contribution in [-0.2, 0) is 11.0 Å². The van der Waals surface area contributed by atoms with Crippen molar-refractivity contribution in [3.8, 4) is 0 Å². The fourth-order valence-electron chi connectivity index (χ4n) is 3.64. The first-order valence-electron chi connectivity index (χ1n) is 11.5. The number of nitrogens with one attached hydrogen (secondary N) is 2. The van der Waals surface area contributed by atoms with Crippen LogP contribution < -0.4 is 10.6 Å². The van der Waals surface area contributed by atoms with Crippen LogP contribution in [0.15, 0.2) is 36.4 Å². The summed E-state index contributed by atoms with van der Waals surface area (Å²) in [5.74, 6) is -6.05. The monoisotopic (exact) mass is 674 g/mol. The molecule has 0 bridgehead atoms. The van der Waals surface area contributed by atoms with E-state index in [2.05, 4.69) is 0 Å². The summed E-state index contributed by atoms with van der Waals surface area (Å²) in [6.07, 6.45) is -15.5. The molecule has 4 nitrogen and oxygen atoms in total. The van der Waals surface area contributed by atoms with Gasteiger partial charge in [0.05, 0.1) is 32.7 Å².